The summed E-state index contributed by atoms with van der Waals surface area (Å²) in [6, 6.07) is 16.6. The molecule has 6 nitrogen and oxygen atoms in total. The largest absolute Gasteiger partial charge is 0.495 e. The number of nitrogens with zero attached hydrogens (tertiary/aromatic N) is 1. The Balaban J connectivity index is 0.00000324. The predicted molar refractivity (Wildman–Crippen MR) is 136 cm³/mol. The highest BCUT2D eigenvalue weighted by molar-refractivity contribution is 7.92. The van der Waals surface area contributed by atoms with Crippen molar-refractivity contribution in [3.63, 3.8) is 0 Å². The summed E-state index contributed by atoms with van der Waals surface area (Å²) in [5.74, 6) is 0.235. The second-order valence-corrected chi connectivity index (χ2v) is 9.92. The molecule has 0 unspecified atom stereocenters. The molecule has 0 amide bonds. The summed E-state index contributed by atoms with van der Waals surface area (Å²) in [7, 11) is -0.157. The van der Waals surface area contributed by atoms with E-state index in [1.165, 1.54) is 17.7 Å². The Hall–Kier alpha value is -2.81. The molecule has 3 aromatic carbocycles. The molecule has 0 spiro atoms. The maximum atomic E-state index is 13.0. The number of anilines is 2. The fraction of sp³-hybridized carbons (Fsp3) is 0.280. The highest BCUT2D eigenvalue weighted by Crippen LogP contribution is 2.32. The van der Waals surface area contributed by atoms with Crippen molar-refractivity contribution in [3.05, 3.63) is 83.2 Å². The molecule has 2 N–H and O–H groups in total. The third kappa shape index (κ3) is 6.20. The van der Waals surface area contributed by atoms with Gasteiger partial charge < -0.3 is 15.0 Å². The molecular weight excluding hydrogens is 477 g/mol. The molecule has 0 saturated carbocycles. The Morgan fingerprint density at radius 1 is 0.971 bits per heavy atom. The van der Waals surface area contributed by atoms with Crippen LogP contribution in [0.3, 0.4) is 0 Å². The van der Waals surface area contributed by atoms with Gasteiger partial charge in [0.1, 0.15) is 11.6 Å². The van der Waals surface area contributed by atoms with Gasteiger partial charge in [-0.05, 0) is 85.1 Å². The molecule has 182 valence electrons. The van der Waals surface area contributed by atoms with Crippen LogP contribution >= 0.6 is 12.4 Å². The summed E-state index contributed by atoms with van der Waals surface area (Å²) in [6.45, 7) is 2.40. The molecule has 4 rings (SSSR count). The number of ether oxygens (including phenoxy) is 1. The van der Waals surface area contributed by atoms with E-state index in [9.17, 15) is 12.8 Å². The number of halogens is 2. The summed E-state index contributed by atoms with van der Waals surface area (Å²) in [6.07, 6.45) is 1.76. The lowest BCUT2D eigenvalue weighted by atomic mass is 10.0. The Kier molecular flexibility index (Phi) is 8.41. The van der Waals surface area contributed by atoms with E-state index in [-0.39, 0.29) is 23.1 Å². The third-order valence-corrected chi connectivity index (χ3v) is 7.25. The van der Waals surface area contributed by atoms with Gasteiger partial charge in [-0.3, -0.25) is 4.72 Å². The van der Waals surface area contributed by atoms with Crippen LogP contribution in [-0.4, -0.2) is 40.6 Å². The van der Waals surface area contributed by atoms with Gasteiger partial charge in [-0.25, -0.2) is 12.8 Å². The van der Waals surface area contributed by atoms with Crippen molar-refractivity contribution in [1.82, 2.24) is 4.90 Å². The lowest BCUT2D eigenvalue weighted by Crippen LogP contribution is -2.20. The molecule has 9 heteroatoms. The minimum atomic E-state index is -3.79. The van der Waals surface area contributed by atoms with Crippen LogP contribution in [0.25, 0.3) is 0 Å². The van der Waals surface area contributed by atoms with Crippen LogP contribution in [0.2, 0.25) is 0 Å². The summed E-state index contributed by atoms with van der Waals surface area (Å²) in [5, 5.41) is 3.21. The van der Waals surface area contributed by atoms with E-state index in [4.69, 9.17) is 4.74 Å². The molecule has 0 saturated heterocycles. The molecule has 3 aromatic rings. The van der Waals surface area contributed by atoms with Crippen LogP contribution in [0, 0.1) is 5.82 Å². The zero-order valence-corrected chi connectivity index (χ0v) is 20.8. The number of fused-ring (bicyclic) bond motifs is 1. The molecule has 1 aliphatic rings. The number of sulfonamides is 1. The third-order valence-electron chi connectivity index (χ3n) is 5.87. The van der Waals surface area contributed by atoms with Crippen molar-refractivity contribution in [2.45, 2.75) is 24.3 Å². The van der Waals surface area contributed by atoms with E-state index < -0.39 is 10.0 Å². The highest BCUT2D eigenvalue weighted by Gasteiger charge is 2.20. The van der Waals surface area contributed by atoms with E-state index in [0.29, 0.717) is 18.0 Å². The van der Waals surface area contributed by atoms with Gasteiger partial charge in [0.15, 0.2) is 0 Å². The van der Waals surface area contributed by atoms with E-state index in [1.54, 1.807) is 43.5 Å². The molecule has 0 aromatic heterocycles. The van der Waals surface area contributed by atoms with E-state index in [2.05, 4.69) is 22.0 Å². The SMILES string of the molecule is COc1cc2c(cc1NS(=O)(=O)c1ccc(NCc3ccc(F)cc3)cc1)CCN(C)CC2.Cl. The minimum Gasteiger partial charge on any atom is -0.495 e. The molecule has 0 fully saturated rings. The van der Waals surface area contributed by atoms with Gasteiger partial charge in [-0.2, -0.15) is 0 Å². The number of hydrogen-bond acceptors (Lipinski definition) is 5. The summed E-state index contributed by atoms with van der Waals surface area (Å²) in [5.41, 5.74) is 4.47. The van der Waals surface area contributed by atoms with Crippen molar-refractivity contribution in [2.24, 2.45) is 0 Å². The number of hydrogen-bond donors (Lipinski definition) is 2. The number of nitrogens with one attached hydrogen (secondary N) is 2. The van der Waals surface area contributed by atoms with Crippen LogP contribution < -0.4 is 14.8 Å². The van der Waals surface area contributed by atoms with Crippen LogP contribution in [0.1, 0.15) is 16.7 Å². The van der Waals surface area contributed by atoms with Crippen LogP contribution in [0.15, 0.2) is 65.6 Å². The van der Waals surface area contributed by atoms with Gasteiger partial charge >= 0.3 is 0 Å². The maximum absolute atomic E-state index is 13.0. The van der Waals surface area contributed by atoms with Crippen molar-refractivity contribution in [1.29, 1.82) is 0 Å². The van der Waals surface area contributed by atoms with Gasteiger partial charge in [-0.1, -0.05) is 12.1 Å². The lowest BCUT2D eigenvalue weighted by Gasteiger charge is -2.16. The Bertz CT molecular complexity index is 1220. The number of likely N-dealkylation sites (N-methyl/N-ethyl adjacent to an activating group) is 1. The first kappa shape index (κ1) is 25.8. The van der Waals surface area contributed by atoms with Crippen molar-refractivity contribution >= 4 is 33.8 Å². The number of rotatable bonds is 7. The van der Waals surface area contributed by atoms with Crippen molar-refractivity contribution in [3.8, 4) is 5.75 Å². The molecule has 1 heterocycles. The normalized spacial score (nSPS) is 13.9. The van der Waals surface area contributed by atoms with Gasteiger partial charge in [0.05, 0.1) is 17.7 Å². The topological polar surface area (TPSA) is 70.7 Å². The van der Waals surface area contributed by atoms with Gasteiger partial charge in [0.25, 0.3) is 10.0 Å². The van der Waals surface area contributed by atoms with E-state index >= 15 is 0 Å². The first-order chi connectivity index (χ1) is 15.8. The first-order valence-electron chi connectivity index (χ1n) is 10.8. The van der Waals surface area contributed by atoms with Gasteiger partial charge in [0.2, 0.25) is 0 Å². The van der Waals surface area contributed by atoms with Crippen LogP contribution in [0.5, 0.6) is 5.75 Å². The second-order valence-electron chi connectivity index (χ2n) is 8.23. The molecular formula is C25H29ClFN3O3S. The molecule has 0 bridgehead atoms. The average molecular weight is 506 g/mol. The van der Waals surface area contributed by atoms with E-state index in [0.717, 1.165) is 42.7 Å². The fourth-order valence-electron chi connectivity index (χ4n) is 3.88. The second kappa shape index (κ2) is 11.1. The predicted octanol–water partition coefficient (Wildman–Crippen LogP) is 4.70. The van der Waals surface area contributed by atoms with Crippen molar-refractivity contribution < 1.29 is 17.5 Å². The maximum Gasteiger partial charge on any atom is 0.262 e. The highest BCUT2D eigenvalue weighted by atomic mass is 35.5. The standard InChI is InChI=1S/C25H28FN3O3S.ClH/c1-29-13-11-19-15-24(25(32-2)16-20(19)12-14-29)28-33(30,31)23-9-7-22(8-10-23)27-17-18-3-5-21(26)6-4-18;/h3-10,15-16,27-28H,11-14,17H2,1-2H3;1H. The fourth-order valence-corrected chi connectivity index (χ4v) is 4.94. The lowest BCUT2D eigenvalue weighted by molar-refractivity contribution is 0.352. The van der Waals surface area contributed by atoms with Gasteiger partial charge in [0, 0.05) is 25.3 Å². The average Bonchev–Trinajstić information content (AvgIpc) is 2.99. The number of methoxy groups -OCH3 is 1. The van der Waals surface area contributed by atoms with Gasteiger partial charge in [-0.15, -0.1) is 12.4 Å². The summed E-state index contributed by atoms with van der Waals surface area (Å²) >= 11 is 0. The molecule has 0 atom stereocenters. The number of benzene rings is 3. The van der Waals surface area contributed by atoms with Crippen LogP contribution in [-0.2, 0) is 29.4 Å². The first-order valence-corrected chi connectivity index (χ1v) is 12.3. The Morgan fingerprint density at radius 3 is 2.21 bits per heavy atom. The molecule has 34 heavy (non-hydrogen) atoms. The van der Waals surface area contributed by atoms with Crippen LogP contribution in [0.4, 0.5) is 15.8 Å². The monoisotopic (exact) mass is 505 g/mol. The molecule has 1 aliphatic heterocycles. The molecule has 0 aliphatic carbocycles. The van der Waals surface area contributed by atoms with E-state index in [1.807, 2.05) is 12.1 Å². The summed E-state index contributed by atoms with van der Waals surface area (Å²) in [4.78, 5) is 2.42. The zero-order valence-electron chi connectivity index (χ0n) is 19.2. The zero-order chi connectivity index (χ0) is 23.4. The smallest absolute Gasteiger partial charge is 0.262 e. The quantitative estimate of drug-likeness (QED) is 0.487. The minimum absolute atomic E-state index is 0. The Labute approximate surface area is 206 Å². The van der Waals surface area contributed by atoms with Crippen molar-refractivity contribution in [2.75, 3.05) is 37.3 Å². The summed E-state index contributed by atoms with van der Waals surface area (Å²) < 4.78 is 47.3. The Morgan fingerprint density at radius 2 is 1.59 bits per heavy atom. The molecule has 0 radical (unpaired) electrons.